The molecule has 3 rings (SSSR count). The first-order valence-electron chi connectivity index (χ1n) is 6.78. The maximum absolute atomic E-state index is 8.88. The van der Waals surface area contributed by atoms with Gasteiger partial charge in [0.25, 0.3) is 0 Å². The van der Waals surface area contributed by atoms with Gasteiger partial charge in [-0.1, -0.05) is 109 Å². The number of hydrogen-bond donors (Lipinski definition) is 3. The molecule has 0 unspecified atom stereocenters. The smallest absolute Gasteiger partial charge is 1.00 e. The van der Waals surface area contributed by atoms with Crippen LogP contribution < -0.4 is 0 Å². The number of benzene rings is 3. The van der Waals surface area contributed by atoms with Crippen molar-refractivity contribution < 1.29 is 22.1 Å². The molecule has 0 aliphatic heterocycles. The van der Waals surface area contributed by atoms with Crippen molar-refractivity contribution in [2.45, 2.75) is 0 Å². The van der Waals surface area contributed by atoms with Gasteiger partial charge in [0, 0.05) is 0 Å². The molecule has 0 aliphatic rings. The van der Waals surface area contributed by atoms with Crippen molar-refractivity contribution in [2.24, 2.45) is 0 Å². The Bertz CT molecular complexity index is 451. The van der Waals surface area contributed by atoms with Gasteiger partial charge in [-0.05, 0) is 0 Å². The summed E-state index contributed by atoms with van der Waals surface area (Å²) in [6, 6.07) is 36.0. The maximum atomic E-state index is 8.88. The molecule has 0 amide bonds. The Morgan fingerprint density at radius 1 is 0.417 bits per heavy atom. The summed E-state index contributed by atoms with van der Waals surface area (Å²) in [7, 11) is -4.64. The molecular weight excluding hydrogens is 351 g/mol. The molecule has 3 N–H and O–H groups in total. The Labute approximate surface area is 176 Å². The second-order valence-electron chi connectivity index (χ2n) is 3.98. The Balaban J connectivity index is -0.000000120. The SMILES string of the molecule is O=P(O)(O)O.[Ca+2].[H-].[H-].c1ccccc1.c1ccccc1.c1ccccc1. The van der Waals surface area contributed by atoms with E-state index >= 15 is 0 Å². The summed E-state index contributed by atoms with van der Waals surface area (Å²) in [6.45, 7) is 0. The van der Waals surface area contributed by atoms with Crippen LogP contribution in [0.25, 0.3) is 0 Å². The fraction of sp³-hybridized carbons (Fsp3) is 0. The third kappa shape index (κ3) is 29.1. The predicted molar refractivity (Wildman–Crippen MR) is 102 cm³/mol. The van der Waals surface area contributed by atoms with Gasteiger partial charge in [-0.2, -0.15) is 0 Å². The van der Waals surface area contributed by atoms with Crippen molar-refractivity contribution in [1.82, 2.24) is 0 Å². The van der Waals surface area contributed by atoms with Gasteiger partial charge in [-0.25, -0.2) is 4.57 Å². The molecular formula is C18H23CaO4P. The minimum Gasteiger partial charge on any atom is -1.00 e. The van der Waals surface area contributed by atoms with Gasteiger partial charge >= 0.3 is 45.6 Å². The van der Waals surface area contributed by atoms with Crippen LogP contribution >= 0.6 is 7.82 Å². The van der Waals surface area contributed by atoms with E-state index in [1.54, 1.807) is 0 Å². The van der Waals surface area contributed by atoms with Crippen LogP contribution in [0.4, 0.5) is 0 Å². The maximum Gasteiger partial charge on any atom is 2.00 e. The molecule has 0 radical (unpaired) electrons. The minimum absolute atomic E-state index is 0. The van der Waals surface area contributed by atoms with Gasteiger partial charge in [0.15, 0.2) is 0 Å². The van der Waals surface area contributed by atoms with E-state index in [-0.39, 0.29) is 40.6 Å². The molecule has 0 saturated heterocycles. The van der Waals surface area contributed by atoms with Crippen LogP contribution in [0.2, 0.25) is 0 Å². The Morgan fingerprint density at radius 2 is 0.458 bits per heavy atom. The largest absolute Gasteiger partial charge is 2.00 e. The quantitative estimate of drug-likeness (QED) is 0.411. The molecule has 24 heavy (non-hydrogen) atoms. The van der Waals surface area contributed by atoms with Gasteiger partial charge in [0.2, 0.25) is 0 Å². The normalized spacial score (nSPS) is 8.46. The first-order chi connectivity index (χ1) is 11.0. The van der Waals surface area contributed by atoms with Crippen LogP contribution in [0.1, 0.15) is 2.85 Å². The van der Waals surface area contributed by atoms with E-state index in [9.17, 15) is 0 Å². The fourth-order valence-corrected chi connectivity index (χ4v) is 1.15. The van der Waals surface area contributed by atoms with Crippen LogP contribution in [0.5, 0.6) is 0 Å². The predicted octanol–water partition coefficient (Wildman–Crippen LogP) is 3.98. The van der Waals surface area contributed by atoms with Crippen LogP contribution in [-0.4, -0.2) is 52.4 Å². The summed E-state index contributed by atoms with van der Waals surface area (Å²) in [6.07, 6.45) is 0. The first kappa shape index (κ1) is 25.3. The van der Waals surface area contributed by atoms with E-state index in [0.29, 0.717) is 0 Å². The zero-order chi connectivity index (χ0) is 17.2. The second kappa shape index (κ2) is 18.4. The van der Waals surface area contributed by atoms with Gasteiger partial charge in [-0.15, -0.1) is 0 Å². The van der Waals surface area contributed by atoms with Gasteiger partial charge in [0.05, 0.1) is 0 Å². The van der Waals surface area contributed by atoms with Crippen molar-refractivity contribution in [3.63, 3.8) is 0 Å². The summed E-state index contributed by atoms with van der Waals surface area (Å²) in [5.74, 6) is 0. The molecule has 0 atom stereocenters. The minimum atomic E-state index is -4.64. The average molecular weight is 374 g/mol. The van der Waals surface area contributed by atoms with Crippen LogP contribution in [0, 0.1) is 0 Å². The van der Waals surface area contributed by atoms with Gasteiger partial charge < -0.3 is 17.5 Å². The Kier molecular flexibility index (Phi) is 19.3. The Hall–Kier alpha value is -0.970. The summed E-state index contributed by atoms with van der Waals surface area (Å²) in [4.78, 5) is 21.6. The average Bonchev–Trinajstić information content (AvgIpc) is 2.59. The van der Waals surface area contributed by atoms with Crippen LogP contribution in [0.15, 0.2) is 109 Å². The molecule has 4 nitrogen and oxygen atoms in total. The van der Waals surface area contributed by atoms with E-state index in [1.165, 1.54) is 0 Å². The molecule has 0 bridgehead atoms. The molecule has 3 aromatic carbocycles. The molecule has 0 spiro atoms. The van der Waals surface area contributed by atoms with Crippen molar-refractivity contribution in [2.75, 3.05) is 0 Å². The molecule has 0 saturated carbocycles. The molecule has 0 aromatic heterocycles. The van der Waals surface area contributed by atoms with Gasteiger partial charge in [-0.3, -0.25) is 0 Å². The molecule has 0 heterocycles. The molecule has 3 aromatic rings. The zero-order valence-corrected chi connectivity index (χ0v) is 16.4. The third-order valence-corrected chi connectivity index (χ3v) is 2.00. The molecule has 6 heteroatoms. The third-order valence-electron chi connectivity index (χ3n) is 2.00. The van der Waals surface area contributed by atoms with Crippen molar-refractivity contribution in [3.05, 3.63) is 109 Å². The second-order valence-corrected chi connectivity index (χ2v) is 5.00. The van der Waals surface area contributed by atoms with Crippen molar-refractivity contribution >= 4 is 45.6 Å². The Morgan fingerprint density at radius 3 is 0.500 bits per heavy atom. The van der Waals surface area contributed by atoms with E-state index in [1.807, 2.05) is 109 Å². The molecule has 0 fully saturated rings. The van der Waals surface area contributed by atoms with Crippen molar-refractivity contribution in [3.8, 4) is 0 Å². The first-order valence-corrected chi connectivity index (χ1v) is 8.35. The van der Waals surface area contributed by atoms with Crippen LogP contribution in [0.3, 0.4) is 0 Å². The van der Waals surface area contributed by atoms with Gasteiger partial charge in [0.1, 0.15) is 0 Å². The monoisotopic (exact) mass is 374 g/mol. The van der Waals surface area contributed by atoms with Crippen molar-refractivity contribution in [1.29, 1.82) is 0 Å². The van der Waals surface area contributed by atoms with E-state index in [0.717, 1.165) is 0 Å². The van der Waals surface area contributed by atoms with Crippen LogP contribution in [-0.2, 0) is 4.57 Å². The zero-order valence-electron chi connectivity index (χ0n) is 15.3. The summed E-state index contributed by atoms with van der Waals surface area (Å²) >= 11 is 0. The fourth-order valence-electron chi connectivity index (χ4n) is 1.15. The molecule has 126 valence electrons. The summed E-state index contributed by atoms with van der Waals surface area (Å²) in [5.41, 5.74) is 0. The number of hydrogen-bond acceptors (Lipinski definition) is 1. The van der Waals surface area contributed by atoms with E-state index < -0.39 is 7.82 Å². The summed E-state index contributed by atoms with van der Waals surface area (Å²) < 4.78 is 8.88. The summed E-state index contributed by atoms with van der Waals surface area (Å²) in [5, 5.41) is 0. The molecule has 0 aliphatic carbocycles. The number of rotatable bonds is 0. The topological polar surface area (TPSA) is 77.8 Å². The van der Waals surface area contributed by atoms with E-state index in [2.05, 4.69) is 0 Å². The van der Waals surface area contributed by atoms with E-state index in [4.69, 9.17) is 19.2 Å². The standard InChI is InChI=1S/3C6H6.Ca.H3O4P.2H/c3*1-2-4-6-5-3-1;;1-5(2,3)4;;/h3*1-6H;;(H3,1,2,3,4);;/q;;;+2;;2*-1. The number of phosphoric acid groups is 1.